The first kappa shape index (κ1) is 14.2. The topological polar surface area (TPSA) is 47.0 Å². The number of nitrogens with zero attached hydrogens (tertiary/aromatic N) is 1. The van der Waals surface area contributed by atoms with Crippen LogP contribution >= 0.6 is 23.6 Å². The summed E-state index contributed by atoms with van der Waals surface area (Å²) >= 11 is 6.81. The SMILES string of the molecule is COCCn1c(=S)[nH]c2sc(-c3ccccc3)cc2c1=O. The lowest BCUT2D eigenvalue weighted by Gasteiger charge is -2.04. The van der Waals surface area contributed by atoms with Gasteiger partial charge in [-0.25, -0.2) is 0 Å². The molecule has 0 aliphatic carbocycles. The zero-order chi connectivity index (χ0) is 14.8. The second-order valence-electron chi connectivity index (χ2n) is 4.60. The van der Waals surface area contributed by atoms with E-state index in [9.17, 15) is 4.79 Å². The molecule has 108 valence electrons. The third-order valence-corrected chi connectivity index (χ3v) is 4.67. The quantitative estimate of drug-likeness (QED) is 0.750. The van der Waals surface area contributed by atoms with E-state index in [4.69, 9.17) is 17.0 Å². The maximum absolute atomic E-state index is 12.5. The molecule has 0 unspecified atom stereocenters. The van der Waals surface area contributed by atoms with E-state index in [2.05, 4.69) is 4.98 Å². The predicted molar refractivity (Wildman–Crippen MR) is 88.6 cm³/mol. The van der Waals surface area contributed by atoms with Crippen LogP contribution < -0.4 is 5.56 Å². The van der Waals surface area contributed by atoms with Crippen LogP contribution in [-0.2, 0) is 11.3 Å². The van der Waals surface area contributed by atoms with Gasteiger partial charge in [-0.1, -0.05) is 30.3 Å². The number of aromatic nitrogens is 2. The first-order chi connectivity index (χ1) is 10.2. The fraction of sp³-hybridized carbons (Fsp3) is 0.200. The van der Waals surface area contributed by atoms with Crippen molar-refractivity contribution in [3.8, 4) is 10.4 Å². The number of fused-ring (bicyclic) bond motifs is 1. The lowest BCUT2D eigenvalue weighted by atomic mass is 10.2. The van der Waals surface area contributed by atoms with E-state index in [1.54, 1.807) is 23.0 Å². The summed E-state index contributed by atoms with van der Waals surface area (Å²) in [6.07, 6.45) is 0. The van der Waals surface area contributed by atoms with Crippen LogP contribution in [0.3, 0.4) is 0 Å². The summed E-state index contributed by atoms with van der Waals surface area (Å²) in [7, 11) is 1.61. The molecule has 2 aromatic heterocycles. The van der Waals surface area contributed by atoms with Gasteiger partial charge in [0, 0.05) is 12.0 Å². The zero-order valence-corrected chi connectivity index (χ0v) is 13.1. The Morgan fingerprint density at radius 3 is 2.81 bits per heavy atom. The van der Waals surface area contributed by atoms with Gasteiger partial charge in [-0.2, -0.15) is 0 Å². The van der Waals surface area contributed by atoms with Crippen molar-refractivity contribution >= 4 is 33.8 Å². The number of aromatic amines is 1. The first-order valence-electron chi connectivity index (χ1n) is 6.51. The van der Waals surface area contributed by atoms with E-state index in [1.165, 1.54) is 0 Å². The molecule has 0 amide bonds. The fourth-order valence-corrected chi connectivity index (χ4v) is 3.57. The third kappa shape index (κ3) is 2.70. The van der Waals surface area contributed by atoms with Crippen molar-refractivity contribution in [1.82, 2.24) is 9.55 Å². The molecule has 0 aliphatic rings. The van der Waals surface area contributed by atoms with Gasteiger partial charge in [-0.05, 0) is 23.8 Å². The van der Waals surface area contributed by atoms with Gasteiger partial charge in [-0.3, -0.25) is 9.36 Å². The van der Waals surface area contributed by atoms with Crippen molar-refractivity contribution in [2.45, 2.75) is 6.54 Å². The smallest absolute Gasteiger partial charge is 0.263 e. The molecule has 6 heteroatoms. The second kappa shape index (κ2) is 5.93. The number of ether oxygens (including phenoxy) is 1. The van der Waals surface area contributed by atoms with E-state index in [-0.39, 0.29) is 5.56 Å². The summed E-state index contributed by atoms with van der Waals surface area (Å²) in [6.45, 7) is 0.912. The maximum atomic E-state index is 12.5. The van der Waals surface area contributed by atoms with Crippen molar-refractivity contribution in [3.63, 3.8) is 0 Å². The minimum Gasteiger partial charge on any atom is -0.383 e. The Kier molecular flexibility index (Phi) is 4.01. The molecule has 1 N–H and O–H groups in total. The molecule has 0 radical (unpaired) electrons. The van der Waals surface area contributed by atoms with Crippen LogP contribution in [-0.4, -0.2) is 23.3 Å². The molecule has 0 atom stereocenters. The summed E-state index contributed by atoms with van der Waals surface area (Å²) in [5.74, 6) is 0. The largest absolute Gasteiger partial charge is 0.383 e. The Balaban J connectivity index is 2.16. The standard InChI is InChI=1S/C15H14N2O2S2/c1-19-8-7-17-14(18)11-9-12(10-5-3-2-4-6-10)21-13(11)16-15(17)20/h2-6,9H,7-8H2,1H3,(H,16,20). The lowest BCUT2D eigenvalue weighted by Crippen LogP contribution is -2.23. The molecule has 0 fully saturated rings. The second-order valence-corrected chi connectivity index (χ2v) is 6.04. The Labute approximate surface area is 130 Å². The highest BCUT2D eigenvalue weighted by atomic mass is 32.1. The number of benzene rings is 1. The fourth-order valence-electron chi connectivity index (χ4n) is 2.18. The van der Waals surface area contributed by atoms with Crippen LogP contribution in [0.1, 0.15) is 0 Å². The molecule has 1 aromatic carbocycles. The Morgan fingerprint density at radius 1 is 1.33 bits per heavy atom. The van der Waals surface area contributed by atoms with Crippen LogP contribution in [0, 0.1) is 4.77 Å². The molecule has 3 aromatic rings. The maximum Gasteiger partial charge on any atom is 0.263 e. The zero-order valence-electron chi connectivity index (χ0n) is 11.5. The summed E-state index contributed by atoms with van der Waals surface area (Å²) in [6, 6.07) is 11.9. The Morgan fingerprint density at radius 2 is 2.10 bits per heavy atom. The van der Waals surface area contributed by atoms with Gasteiger partial charge >= 0.3 is 0 Å². The van der Waals surface area contributed by atoms with Crippen molar-refractivity contribution in [1.29, 1.82) is 0 Å². The van der Waals surface area contributed by atoms with Crippen molar-refractivity contribution in [3.05, 3.63) is 51.5 Å². The average Bonchev–Trinajstić information content (AvgIpc) is 2.92. The molecule has 4 nitrogen and oxygen atoms in total. The van der Waals surface area contributed by atoms with Crippen LogP contribution in [0.15, 0.2) is 41.2 Å². The number of rotatable bonds is 4. The lowest BCUT2D eigenvalue weighted by molar-refractivity contribution is 0.185. The Hall–Kier alpha value is -1.76. The first-order valence-corrected chi connectivity index (χ1v) is 7.74. The minimum absolute atomic E-state index is 0.0655. The minimum atomic E-state index is -0.0655. The van der Waals surface area contributed by atoms with E-state index >= 15 is 0 Å². The highest BCUT2D eigenvalue weighted by Gasteiger charge is 2.10. The van der Waals surface area contributed by atoms with E-state index in [1.807, 2.05) is 36.4 Å². The summed E-state index contributed by atoms with van der Waals surface area (Å²) in [5, 5.41) is 0.670. The van der Waals surface area contributed by atoms with Crippen molar-refractivity contribution in [2.24, 2.45) is 0 Å². The molecule has 0 aliphatic heterocycles. The molecular weight excluding hydrogens is 304 g/mol. The summed E-state index contributed by atoms with van der Waals surface area (Å²) in [4.78, 5) is 17.5. The monoisotopic (exact) mass is 318 g/mol. The van der Waals surface area contributed by atoms with E-state index in [0.29, 0.717) is 23.3 Å². The van der Waals surface area contributed by atoms with Crippen LogP contribution in [0.5, 0.6) is 0 Å². The van der Waals surface area contributed by atoms with E-state index in [0.717, 1.165) is 15.3 Å². The number of H-pyrrole nitrogens is 1. The van der Waals surface area contributed by atoms with Gasteiger partial charge in [0.05, 0.1) is 18.5 Å². The van der Waals surface area contributed by atoms with Gasteiger partial charge in [0.1, 0.15) is 4.83 Å². The molecule has 21 heavy (non-hydrogen) atoms. The molecule has 2 heterocycles. The van der Waals surface area contributed by atoms with E-state index < -0.39 is 0 Å². The van der Waals surface area contributed by atoms with Gasteiger partial charge < -0.3 is 9.72 Å². The molecule has 0 saturated carbocycles. The van der Waals surface area contributed by atoms with Gasteiger partial charge in [0.15, 0.2) is 4.77 Å². The number of thiophene rings is 1. The van der Waals surface area contributed by atoms with Crippen molar-refractivity contribution in [2.75, 3.05) is 13.7 Å². The number of hydrogen-bond acceptors (Lipinski definition) is 4. The molecular formula is C15H14N2O2S2. The Bertz CT molecular complexity index is 878. The molecule has 0 spiro atoms. The highest BCUT2D eigenvalue weighted by molar-refractivity contribution is 7.71. The number of nitrogens with one attached hydrogen (secondary N) is 1. The van der Waals surface area contributed by atoms with Gasteiger partial charge in [0.25, 0.3) is 5.56 Å². The van der Waals surface area contributed by atoms with Crippen LogP contribution in [0.4, 0.5) is 0 Å². The normalized spacial score (nSPS) is 11.1. The number of hydrogen-bond donors (Lipinski definition) is 1. The highest BCUT2D eigenvalue weighted by Crippen LogP contribution is 2.30. The summed E-state index contributed by atoms with van der Waals surface area (Å²) < 4.78 is 7.01. The molecule has 0 bridgehead atoms. The number of methoxy groups -OCH3 is 1. The molecule has 3 rings (SSSR count). The van der Waals surface area contributed by atoms with Crippen LogP contribution in [0.2, 0.25) is 0 Å². The van der Waals surface area contributed by atoms with Crippen molar-refractivity contribution < 1.29 is 4.74 Å². The van der Waals surface area contributed by atoms with Gasteiger partial charge in [0.2, 0.25) is 0 Å². The van der Waals surface area contributed by atoms with Crippen LogP contribution in [0.25, 0.3) is 20.7 Å². The predicted octanol–water partition coefficient (Wildman–Crippen LogP) is 3.43. The average molecular weight is 318 g/mol. The summed E-state index contributed by atoms with van der Waals surface area (Å²) in [5.41, 5.74) is 1.03. The third-order valence-electron chi connectivity index (χ3n) is 3.25. The molecule has 0 saturated heterocycles. The van der Waals surface area contributed by atoms with Gasteiger partial charge in [-0.15, -0.1) is 11.3 Å².